The van der Waals surface area contributed by atoms with Crippen LogP contribution in [0, 0.1) is 0 Å². The van der Waals surface area contributed by atoms with Crippen molar-refractivity contribution in [3.05, 3.63) is 35.9 Å². The second-order valence-electron chi connectivity index (χ2n) is 4.30. The van der Waals surface area contributed by atoms with Gasteiger partial charge in [-0.05, 0) is 19.5 Å². The second-order valence-corrected chi connectivity index (χ2v) is 4.30. The summed E-state index contributed by atoms with van der Waals surface area (Å²) < 4.78 is 0. The fraction of sp³-hybridized carbons (Fsp3) is 0.462. The van der Waals surface area contributed by atoms with Crippen molar-refractivity contribution in [2.75, 3.05) is 20.1 Å². The number of nitrogens with two attached hydrogens (primary N) is 1. The third-order valence-corrected chi connectivity index (χ3v) is 2.50. The van der Waals surface area contributed by atoms with Gasteiger partial charge in [-0.15, -0.1) is 12.4 Å². The number of rotatable bonds is 6. The Morgan fingerprint density at radius 1 is 1.39 bits per heavy atom. The Hall–Kier alpha value is -1.10. The molecular formula is C13H22ClN3O. The van der Waals surface area contributed by atoms with Gasteiger partial charge in [0.05, 0.1) is 6.04 Å². The maximum Gasteiger partial charge on any atom is 0.236 e. The standard InChI is InChI=1S/C13H21N3O.ClH/c1-11(14)13(17)15-8-9-16(2)10-12-6-4-3-5-7-12;/h3-7,11H,8-10,14H2,1-2H3,(H,15,17);1H. The van der Waals surface area contributed by atoms with E-state index in [1.165, 1.54) is 5.56 Å². The lowest BCUT2D eigenvalue weighted by atomic mass is 10.2. The van der Waals surface area contributed by atoms with Gasteiger partial charge in [-0.25, -0.2) is 0 Å². The Morgan fingerprint density at radius 2 is 2.00 bits per heavy atom. The quantitative estimate of drug-likeness (QED) is 0.812. The molecule has 1 unspecified atom stereocenters. The molecule has 1 aromatic carbocycles. The molecule has 1 rings (SSSR count). The molecule has 1 atom stereocenters. The summed E-state index contributed by atoms with van der Waals surface area (Å²) in [4.78, 5) is 13.4. The summed E-state index contributed by atoms with van der Waals surface area (Å²) in [6.07, 6.45) is 0. The van der Waals surface area contributed by atoms with Crippen molar-refractivity contribution in [1.82, 2.24) is 10.2 Å². The van der Waals surface area contributed by atoms with Crippen LogP contribution >= 0.6 is 12.4 Å². The number of carbonyl (C=O) groups is 1. The van der Waals surface area contributed by atoms with Crippen molar-refractivity contribution in [2.24, 2.45) is 5.73 Å². The van der Waals surface area contributed by atoms with Crippen LogP contribution in [0.2, 0.25) is 0 Å². The summed E-state index contributed by atoms with van der Waals surface area (Å²) in [6.45, 7) is 4.01. The smallest absolute Gasteiger partial charge is 0.236 e. The lowest BCUT2D eigenvalue weighted by Crippen LogP contribution is -2.41. The molecule has 102 valence electrons. The fourth-order valence-electron chi connectivity index (χ4n) is 1.51. The van der Waals surface area contributed by atoms with Gasteiger partial charge in [0.2, 0.25) is 5.91 Å². The van der Waals surface area contributed by atoms with Crippen molar-refractivity contribution in [3.8, 4) is 0 Å². The van der Waals surface area contributed by atoms with Crippen molar-refractivity contribution >= 4 is 18.3 Å². The Morgan fingerprint density at radius 3 is 2.56 bits per heavy atom. The van der Waals surface area contributed by atoms with Crippen LogP contribution in [-0.4, -0.2) is 37.0 Å². The molecule has 5 heteroatoms. The van der Waals surface area contributed by atoms with E-state index in [4.69, 9.17) is 5.73 Å². The normalized spacial score (nSPS) is 11.8. The summed E-state index contributed by atoms with van der Waals surface area (Å²) >= 11 is 0. The molecule has 0 radical (unpaired) electrons. The predicted octanol–water partition coefficient (Wildman–Crippen LogP) is 1.00. The van der Waals surface area contributed by atoms with E-state index in [0.29, 0.717) is 6.54 Å². The van der Waals surface area contributed by atoms with Crippen LogP contribution in [0.3, 0.4) is 0 Å². The summed E-state index contributed by atoms with van der Waals surface area (Å²) in [6, 6.07) is 9.82. The molecule has 18 heavy (non-hydrogen) atoms. The van der Waals surface area contributed by atoms with Gasteiger partial charge in [-0.2, -0.15) is 0 Å². The molecule has 0 saturated heterocycles. The van der Waals surface area contributed by atoms with E-state index in [-0.39, 0.29) is 18.3 Å². The van der Waals surface area contributed by atoms with Crippen LogP contribution in [0.4, 0.5) is 0 Å². The molecule has 0 saturated carbocycles. The number of halogens is 1. The first-order valence-corrected chi connectivity index (χ1v) is 5.85. The highest BCUT2D eigenvalue weighted by Crippen LogP contribution is 2.01. The van der Waals surface area contributed by atoms with Crippen molar-refractivity contribution in [1.29, 1.82) is 0 Å². The molecule has 0 spiro atoms. The Labute approximate surface area is 115 Å². The van der Waals surface area contributed by atoms with E-state index in [1.54, 1.807) is 6.92 Å². The molecular weight excluding hydrogens is 250 g/mol. The molecule has 0 bridgehead atoms. The number of hydrogen-bond donors (Lipinski definition) is 2. The van der Waals surface area contributed by atoms with Crippen molar-refractivity contribution in [2.45, 2.75) is 19.5 Å². The number of nitrogens with one attached hydrogen (secondary N) is 1. The molecule has 0 aliphatic heterocycles. The minimum Gasteiger partial charge on any atom is -0.353 e. The molecule has 0 fully saturated rings. The zero-order chi connectivity index (χ0) is 12.7. The van der Waals surface area contributed by atoms with E-state index < -0.39 is 6.04 Å². The zero-order valence-electron chi connectivity index (χ0n) is 10.9. The van der Waals surface area contributed by atoms with E-state index in [0.717, 1.165) is 13.1 Å². The molecule has 4 nitrogen and oxygen atoms in total. The summed E-state index contributed by atoms with van der Waals surface area (Å²) in [5.41, 5.74) is 6.72. The van der Waals surface area contributed by atoms with Gasteiger partial charge in [0.1, 0.15) is 0 Å². The zero-order valence-corrected chi connectivity index (χ0v) is 11.7. The molecule has 1 amide bonds. The van der Waals surface area contributed by atoms with Gasteiger partial charge in [-0.1, -0.05) is 30.3 Å². The third kappa shape index (κ3) is 6.59. The van der Waals surface area contributed by atoms with Crippen LogP contribution in [0.1, 0.15) is 12.5 Å². The van der Waals surface area contributed by atoms with Crippen LogP contribution in [0.25, 0.3) is 0 Å². The average molecular weight is 272 g/mol. The maximum absolute atomic E-state index is 11.2. The van der Waals surface area contributed by atoms with Gasteiger partial charge in [-0.3, -0.25) is 4.79 Å². The van der Waals surface area contributed by atoms with Gasteiger partial charge >= 0.3 is 0 Å². The minimum atomic E-state index is -0.436. The minimum absolute atomic E-state index is 0. The van der Waals surface area contributed by atoms with Crippen LogP contribution in [0.15, 0.2) is 30.3 Å². The monoisotopic (exact) mass is 271 g/mol. The van der Waals surface area contributed by atoms with Gasteiger partial charge < -0.3 is 16.0 Å². The molecule has 0 heterocycles. The maximum atomic E-state index is 11.2. The largest absolute Gasteiger partial charge is 0.353 e. The topological polar surface area (TPSA) is 58.4 Å². The summed E-state index contributed by atoms with van der Waals surface area (Å²) in [5, 5.41) is 2.79. The fourth-order valence-corrected chi connectivity index (χ4v) is 1.51. The number of likely N-dealkylation sites (N-methyl/N-ethyl adjacent to an activating group) is 1. The number of amides is 1. The Bertz CT molecular complexity index is 343. The third-order valence-electron chi connectivity index (χ3n) is 2.50. The second kappa shape index (κ2) is 8.91. The highest BCUT2D eigenvalue weighted by atomic mass is 35.5. The highest BCUT2D eigenvalue weighted by molar-refractivity contribution is 5.85. The number of carbonyl (C=O) groups excluding carboxylic acids is 1. The first-order valence-electron chi connectivity index (χ1n) is 5.85. The van der Waals surface area contributed by atoms with E-state index in [1.807, 2.05) is 25.2 Å². The van der Waals surface area contributed by atoms with E-state index in [9.17, 15) is 4.79 Å². The van der Waals surface area contributed by atoms with Gasteiger partial charge in [0.25, 0.3) is 0 Å². The van der Waals surface area contributed by atoms with Crippen LogP contribution < -0.4 is 11.1 Å². The van der Waals surface area contributed by atoms with E-state index >= 15 is 0 Å². The summed E-state index contributed by atoms with van der Waals surface area (Å²) in [7, 11) is 2.03. The Balaban J connectivity index is 0.00000289. The van der Waals surface area contributed by atoms with Crippen molar-refractivity contribution in [3.63, 3.8) is 0 Å². The molecule has 1 aromatic rings. The molecule has 3 N–H and O–H groups in total. The van der Waals surface area contributed by atoms with Gasteiger partial charge in [0.15, 0.2) is 0 Å². The van der Waals surface area contributed by atoms with Gasteiger partial charge in [0, 0.05) is 19.6 Å². The number of benzene rings is 1. The highest BCUT2D eigenvalue weighted by Gasteiger charge is 2.06. The SMILES string of the molecule is CC(N)C(=O)NCCN(C)Cc1ccccc1.Cl. The molecule has 0 aliphatic carbocycles. The summed E-state index contributed by atoms with van der Waals surface area (Å²) in [5.74, 6) is -0.0990. The first-order chi connectivity index (χ1) is 8.09. The molecule has 0 aliphatic rings. The number of nitrogens with zero attached hydrogens (tertiary/aromatic N) is 1. The lowest BCUT2D eigenvalue weighted by Gasteiger charge is -2.17. The lowest BCUT2D eigenvalue weighted by molar-refractivity contribution is -0.122. The molecule has 0 aromatic heterocycles. The predicted molar refractivity (Wildman–Crippen MR) is 76.7 cm³/mol. The number of hydrogen-bond acceptors (Lipinski definition) is 3. The van der Waals surface area contributed by atoms with Crippen LogP contribution in [0.5, 0.6) is 0 Å². The average Bonchev–Trinajstić information content (AvgIpc) is 2.30. The first kappa shape index (κ1) is 16.9. The van der Waals surface area contributed by atoms with Crippen LogP contribution in [-0.2, 0) is 11.3 Å². The van der Waals surface area contributed by atoms with Crippen molar-refractivity contribution < 1.29 is 4.79 Å². The van der Waals surface area contributed by atoms with E-state index in [2.05, 4.69) is 22.3 Å². The Kier molecular flexibility index (Phi) is 8.37.